The molecule has 0 saturated heterocycles. The quantitative estimate of drug-likeness (QED) is 0.212. The highest BCUT2D eigenvalue weighted by molar-refractivity contribution is 5.93. The number of ketones is 1. The number of furan rings is 1. The lowest BCUT2D eigenvalue weighted by Gasteiger charge is -1.98. The molecular formula is C21H32O2. The molecule has 0 spiro atoms. The van der Waals surface area contributed by atoms with Gasteiger partial charge in [0.2, 0.25) is 0 Å². The monoisotopic (exact) mass is 316 g/mol. The molecule has 0 unspecified atom stereocenters. The zero-order valence-corrected chi connectivity index (χ0v) is 14.6. The third kappa shape index (κ3) is 10.7. The van der Waals surface area contributed by atoms with E-state index in [-0.39, 0.29) is 5.78 Å². The van der Waals surface area contributed by atoms with Crippen molar-refractivity contribution in [3.05, 3.63) is 48.5 Å². The van der Waals surface area contributed by atoms with Crippen molar-refractivity contribution in [1.29, 1.82) is 0 Å². The lowest BCUT2D eigenvalue weighted by molar-refractivity contribution is 0.0952. The Kier molecular flexibility index (Phi) is 11.9. The fraction of sp³-hybridized carbons (Fsp3) is 0.571. The Morgan fingerprint density at radius 2 is 1.65 bits per heavy atom. The summed E-state index contributed by atoms with van der Waals surface area (Å²) in [4.78, 5) is 11.7. The first-order valence-electron chi connectivity index (χ1n) is 9.21. The predicted octanol–water partition coefficient (Wildman–Crippen LogP) is 6.89. The molecule has 23 heavy (non-hydrogen) atoms. The molecule has 1 rings (SSSR count). The van der Waals surface area contributed by atoms with Crippen molar-refractivity contribution < 1.29 is 9.21 Å². The summed E-state index contributed by atoms with van der Waals surface area (Å²) in [6, 6.07) is 3.51. The SMILES string of the molecule is CCCCC/C=C/C/C=C/CCCCCCC(=O)c1ccco1. The minimum Gasteiger partial charge on any atom is -0.461 e. The average Bonchev–Trinajstić information content (AvgIpc) is 3.09. The van der Waals surface area contributed by atoms with Crippen LogP contribution in [-0.2, 0) is 0 Å². The summed E-state index contributed by atoms with van der Waals surface area (Å²) >= 11 is 0. The molecule has 1 aromatic heterocycles. The standard InChI is InChI=1S/C21H32O2/c1-2-3-4-5-6-7-8-9-10-11-12-13-14-15-17-20(22)21-18-16-19-23-21/h6-7,9-10,16,18-19H,2-5,8,11-15,17H2,1H3/b7-6+,10-9+. The van der Waals surface area contributed by atoms with Gasteiger partial charge in [0, 0.05) is 6.42 Å². The molecule has 0 atom stereocenters. The minimum absolute atomic E-state index is 0.126. The maximum Gasteiger partial charge on any atom is 0.197 e. The fourth-order valence-electron chi connectivity index (χ4n) is 2.48. The predicted molar refractivity (Wildman–Crippen MR) is 97.8 cm³/mol. The smallest absolute Gasteiger partial charge is 0.197 e. The number of carbonyl (C=O) groups excluding carboxylic acids is 1. The molecule has 0 aliphatic carbocycles. The van der Waals surface area contributed by atoms with Crippen LogP contribution in [0, 0.1) is 0 Å². The normalized spacial score (nSPS) is 11.7. The first-order valence-corrected chi connectivity index (χ1v) is 9.21. The number of hydrogen-bond acceptors (Lipinski definition) is 2. The van der Waals surface area contributed by atoms with E-state index >= 15 is 0 Å². The Morgan fingerprint density at radius 3 is 2.30 bits per heavy atom. The van der Waals surface area contributed by atoms with E-state index in [1.165, 1.54) is 38.5 Å². The summed E-state index contributed by atoms with van der Waals surface area (Å²) in [5.74, 6) is 0.622. The Morgan fingerprint density at radius 1 is 0.957 bits per heavy atom. The van der Waals surface area contributed by atoms with E-state index in [0.29, 0.717) is 12.2 Å². The number of carbonyl (C=O) groups is 1. The highest BCUT2D eigenvalue weighted by Crippen LogP contribution is 2.11. The molecule has 0 bridgehead atoms. The summed E-state index contributed by atoms with van der Waals surface area (Å²) in [5.41, 5.74) is 0. The van der Waals surface area contributed by atoms with Gasteiger partial charge in [-0.25, -0.2) is 0 Å². The van der Waals surface area contributed by atoms with E-state index in [0.717, 1.165) is 25.7 Å². The van der Waals surface area contributed by atoms with Crippen molar-refractivity contribution in [2.24, 2.45) is 0 Å². The maximum atomic E-state index is 11.7. The number of allylic oxidation sites excluding steroid dienone is 4. The molecule has 128 valence electrons. The van der Waals surface area contributed by atoms with Crippen molar-refractivity contribution in [2.75, 3.05) is 0 Å². The number of Topliss-reactive ketones (excluding diaryl/α,β-unsaturated/α-hetero) is 1. The van der Waals surface area contributed by atoms with Gasteiger partial charge in [-0.1, -0.05) is 56.9 Å². The molecule has 0 N–H and O–H groups in total. The van der Waals surface area contributed by atoms with E-state index in [1.54, 1.807) is 18.4 Å². The van der Waals surface area contributed by atoms with Crippen LogP contribution in [0.1, 0.15) is 88.1 Å². The molecular weight excluding hydrogens is 284 g/mol. The summed E-state index contributed by atoms with van der Waals surface area (Å²) < 4.78 is 5.10. The molecule has 0 radical (unpaired) electrons. The van der Waals surface area contributed by atoms with Crippen molar-refractivity contribution >= 4 is 5.78 Å². The summed E-state index contributed by atoms with van der Waals surface area (Å²) in [6.45, 7) is 2.24. The lowest BCUT2D eigenvalue weighted by atomic mass is 10.1. The third-order valence-corrected chi connectivity index (χ3v) is 3.90. The molecule has 0 fully saturated rings. The van der Waals surface area contributed by atoms with Gasteiger partial charge in [-0.3, -0.25) is 4.79 Å². The molecule has 0 aliphatic heterocycles. The van der Waals surface area contributed by atoms with Crippen LogP contribution in [0.5, 0.6) is 0 Å². The highest BCUT2D eigenvalue weighted by atomic mass is 16.3. The second kappa shape index (κ2) is 14.0. The Labute approximate surface area is 141 Å². The Bertz CT molecular complexity index is 440. The average molecular weight is 316 g/mol. The van der Waals surface area contributed by atoms with Gasteiger partial charge in [0.1, 0.15) is 0 Å². The summed E-state index contributed by atoms with van der Waals surface area (Å²) in [7, 11) is 0. The Balaban J connectivity index is 1.87. The second-order valence-electron chi connectivity index (χ2n) is 6.03. The lowest BCUT2D eigenvalue weighted by Crippen LogP contribution is -1.96. The first-order chi connectivity index (χ1) is 11.3. The minimum atomic E-state index is 0.126. The van der Waals surface area contributed by atoms with Crippen molar-refractivity contribution in [3.63, 3.8) is 0 Å². The first kappa shape index (κ1) is 19.5. The second-order valence-corrected chi connectivity index (χ2v) is 6.03. The van der Waals surface area contributed by atoms with Gasteiger partial charge in [0.15, 0.2) is 11.5 Å². The number of rotatable bonds is 14. The number of unbranched alkanes of at least 4 members (excludes halogenated alkanes) is 7. The van der Waals surface area contributed by atoms with Crippen LogP contribution in [0.15, 0.2) is 47.1 Å². The van der Waals surface area contributed by atoms with Crippen LogP contribution in [-0.4, -0.2) is 5.78 Å². The Hall–Kier alpha value is -1.57. The van der Waals surface area contributed by atoms with Crippen molar-refractivity contribution in [1.82, 2.24) is 0 Å². The van der Waals surface area contributed by atoms with E-state index in [2.05, 4.69) is 31.2 Å². The molecule has 0 aliphatic rings. The third-order valence-electron chi connectivity index (χ3n) is 3.90. The van der Waals surface area contributed by atoms with Crippen LogP contribution in [0.4, 0.5) is 0 Å². The molecule has 1 heterocycles. The molecule has 1 aromatic rings. The van der Waals surface area contributed by atoms with E-state index in [9.17, 15) is 4.79 Å². The molecule has 0 aromatic carbocycles. The van der Waals surface area contributed by atoms with Gasteiger partial charge >= 0.3 is 0 Å². The zero-order chi connectivity index (χ0) is 16.6. The van der Waals surface area contributed by atoms with Gasteiger partial charge in [-0.15, -0.1) is 0 Å². The van der Waals surface area contributed by atoms with E-state index < -0.39 is 0 Å². The van der Waals surface area contributed by atoms with Crippen LogP contribution in [0.3, 0.4) is 0 Å². The van der Waals surface area contributed by atoms with Crippen molar-refractivity contribution in [3.8, 4) is 0 Å². The molecule has 2 heteroatoms. The molecule has 2 nitrogen and oxygen atoms in total. The van der Waals surface area contributed by atoms with Crippen LogP contribution in [0.25, 0.3) is 0 Å². The van der Waals surface area contributed by atoms with Gasteiger partial charge in [0.05, 0.1) is 6.26 Å². The molecule has 0 saturated carbocycles. The van der Waals surface area contributed by atoms with Gasteiger partial charge in [-0.2, -0.15) is 0 Å². The van der Waals surface area contributed by atoms with Gasteiger partial charge in [0.25, 0.3) is 0 Å². The molecule has 0 amide bonds. The maximum absolute atomic E-state index is 11.7. The van der Waals surface area contributed by atoms with Gasteiger partial charge < -0.3 is 4.42 Å². The van der Waals surface area contributed by atoms with Crippen molar-refractivity contribution in [2.45, 2.75) is 77.6 Å². The summed E-state index contributed by atoms with van der Waals surface area (Å²) in [5, 5.41) is 0. The van der Waals surface area contributed by atoms with Crippen LogP contribution >= 0.6 is 0 Å². The zero-order valence-electron chi connectivity index (χ0n) is 14.6. The highest BCUT2D eigenvalue weighted by Gasteiger charge is 2.07. The van der Waals surface area contributed by atoms with E-state index in [4.69, 9.17) is 4.42 Å². The summed E-state index contributed by atoms with van der Waals surface area (Å²) in [6.07, 6.45) is 23.2. The van der Waals surface area contributed by atoms with Crippen LogP contribution < -0.4 is 0 Å². The largest absolute Gasteiger partial charge is 0.461 e. The van der Waals surface area contributed by atoms with Crippen LogP contribution in [0.2, 0.25) is 0 Å². The fourth-order valence-corrected chi connectivity index (χ4v) is 2.48. The van der Waals surface area contributed by atoms with E-state index in [1.807, 2.05) is 0 Å². The topological polar surface area (TPSA) is 30.2 Å². The van der Waals surface area contributed by atoms with Gasteiger partial charge in [-0.05, 0) is 50.7 Å². The number of hydrogen-bond donors (Lipinski definition) is 0.